The van der Waals surface area contributed by atoms with Crippen LogP contribution in [0.5, 0.6) is 0 Å². The maximum absolute atomic E-state index is 11.2. The summed E-state index contributed by atoms with van der Waals surface area (Å²) in [5.74, 6) is 4.06. The van der Waals surface area contributed by atoms with E-state index in [0.717, 1.165) is 11.3 Å². The maximum atomic E-state index is 11.2. The third-order valence-electron chi connectivity index (χ3n) is 2.07. The molecule has 0 aromatic carbocycles. The largest absolute Gasteiger partial charge is 0.408 e. The fourth-order valence-electron chi connectivity index (χ4n) is 1.30. The summed E-state index contributed by atoms with van der Waals surface area (Å²) in [5, 5.41) is 16.1. The summed E-state index contributed by atoms with van der Waals surface area (Å²) in [6.07, 6.45) is 1.32. The van der Waals surface area contributed by atoms with Gasteiger partial charge in [-0.05, 0) is 4.92 Å². The molecular weight excluding hydrogens is 296 g/mol. The number of rotatable bonds is 4. The number of amides is 1. The Morgan fingerprint density at radius 3 is 3.00 bits per heavy atom. The van der Waals surface area contributed by atoms with Gasteiger partial charge in [0, 0.05) is 5.38 Å². The van der Waals surface area contributed by atoms with Crippen molar-refractivity contribution in [1.29, 1.82) is 0 Å². The molecule has 0 atom stereocenters. The van der Waals surface area contributed by atoms with Crippen LogP contribution in [0.3, 0.4) is 0 Å². The molecule has 2 heterocycles. The lowest BCUT2D eigenvalue weighted by atomic mass is 10.5. The summed E-state index contributed by atoms with van der Waals surface area (Å²) in [4.78, 5) is 25.1. The van der Waals surface area contributed by atoms with E-state index in [1.807, 2.05) is 5.43 Å². The second-order valence-corrected chi connectivity index (χ2v) is 4.64. The van der Waals surface area contributed by atoms with Crippen molar-refractivity contribution in [2.45, 2.75) is 6.54 Å². The minimum atomic E-state index is -0.673. The molecule has 0 fully saturated rings. The van der Waals surface area contributed by atoms with E-state index in [4.69, 9.17) is 17.4 Å². The summed E-state index contributed by atoms with van der Waals surface area (Å²) in [5.41, 5.74) is 2.49. The zero-order valence-corrected chi connectivity index (χ0v) is 10.8. The highest BCUT2D eigenvalue weighted by molar-refractivity contribution is 7.11. The van der Waals surface area contributed by atoms with Crippen molar-refractivity contribution in [3.8, 4) is 0 Å². The number of nitrogens with one attached hydrogen (secondary N) is 1. The SMILES string of the molecule is NNC(=O)c1nc(Cn2cc(Cl)c([N+](=O)[O-])n2)cs1. The Hall–Kier alpha value is -2.04. The molecule has 11 heteroatoms. The van der Waals surface area contributed by atoms with Crippen molar-refractivity contribution in [3.63, 3.8) is 0 Å². The number of nitrogens with two attached hydrogens (primary N) is 1. The number of thiazole rings is 1. The average Bonchev–Trinajstić information content (AvgIpc) is 2.95. The highest BCUT2D eigenvalue weighted by atomic mass is 35.5. The van der Waals surface area contributed by atoms with Crippen LogP contribution in [0.25, 0.3) is 0 Å². The van der Waals surface area contributed by atoms with Gasteiger partial charge in [-0.2, -0.15) is 4.68 Å². The zero-order valence-electron chi connectivity index (χ0n) is 9.24. The Balaban J connectivity index is 2.17. The van der Waals surface area contributed by atoms with E-state index in [-0.39, 0.29) is 16.6 Å². The maximum Gasteiger partial charge on any atom is 0.408 e. The lowest BCUT2D eigenvalue weighted by Crippen LogP contribution is -2.29. The molecule has 2 aromatic rings. The van der Waals surface area contributed by atoms with Crippen LogP contribution in [0.4, 0.5) is 5.82 Å². The second kappa shape index (κ2) is 5.30. The van der Waals surface area contributed by atoms with Gasteiger partial charge in [-0.15, -0.1) is 11.3 Å². The molecule has 9 nitrogen and oxygen atoms in total. The number of nitrogen functional groups attached to an aromatic ring is 1. The van der Waals surface area contributed by atoms with Gasteiger partial charge in [0.25, 0.3) is 5.91 Å². The molecule has 19 heavy (non-hydrogen) atoms. The molecule has 3 N–H and O–H groups in total. The number of hydrogen-bond acceptors (Lipinski definition) is 7. The van der Waals surface area contributed by atoms with Gasteiger partial charge >= 0.3 is 5.82 Å². The molecule has 0 aliphatic heterocycles. The summed E-state index contributed by atoms with van der Waals surface area (Å²) in [6.45, 7) is 0.169. The molecule has 0 aliphatic carbocycles. The van der Waals surface area contributed by atoms with Crippen LogP contribution in [0.2, 0.25) is 5.02 Å². The van der Waals surface area contributed by atoms with Crippen LogP contribution in [-0.4, -0.2) is 25.6 Å². The van der Waals surface area contributed by atoms with Crippen LogP contribution in [-0.2, 0) is 6.54 Å². The van der Waals surface area contributed by atoms with Crippen molar-refractivity contribution in [2.75, 3.05) is 0 Å². The summed E-state index contributed by atoms with van der Waals surface area (Å²) < 4.78 is 1.28. The first-order valence-corrected chi connectivity index (χ1v) is 6.09. The molecule has 0 saturated heterocycles. The zero-order chi connectivity index (χ0) is 14.0. The van der Waals surface area contributed by atoms with E-state index in [9.17, 15) is 14.9 Å². The van der Waals surface area contributed by atoms with Crippen molar-refractivity contribution >= 4 is 34.7 Å². The number of nitro groups is 1. The first kappa shape index (κ1) is 13.4. The van der Waals surface area contributed by atoms with Gasteiger partial charge in [-0.1, -0.05) is 11.6 Å². The van der Waals surface area contributed by atoms with Crippen molar-refractivity contribution in [1.82, 2.24) is 20.2 Å². The smallest absolute Gasteiger partial charge is 0.358 e. The highest BCUT2D eigenvalue weighted by Crippen LogP contribution is 2.22. The molecule has 0 aliphatic rings. The summed E-state index contributed by atoms with van der Waals surface area (Å²) in [7, 11) is 0. The average molecular weight is 303 g/mol. The number of carbonyl (C=O) groups excluding carboxylic acids is 1. The Morgan fingerprint density at radius 2 is 2.42 bits per heavy atom. The van der Waals surface area contributed by atoms with Gasteiger partial charge in [0.15, 0.2) is 10.0 Å². The lowest BCUT2D eigenvalue weighted by Gasteiger charge is -1.93. The molecule has 0 radical (unpaired) electrons. The standard InChI is InChI=1S/C8H7ClN6O3S/c9-5-2-14(13-6(5)15(17)18)1-4-3-19-8(11-4)7(16)12-10/h2-3H,1,10H2,(H,12,16). The van der Waals surface area contributed by atoms with Crippen molar-refractivity contribution in [2.24, 2.45) is 5.84 Å². The molecule has 0 unspecified atom stereocenters. The van der Waals surface area contributed by atoms with Gasteiger partial charge in [0.05, 0.1) is 17.0 Å². The topological polar surface area (TPSA) is 129 Å². The van der Waals surface area contributed by atoms with Crippen LogP contribution >= 0.6 is 22.9 Å². The van der Waals surface area contributed by atoms with Gasteiger partial charge < -0.3 is 10.1 Å². The highest BCUT2D eigenvalue weighted by Gasteiger charge is 2.20. The fraction of sp³-hybridized carbons (Fsp3) is 0.125. The number of aromatic nitrogens is 3. The Kier molecular flexibility index (Phi) is 3.74. The van der Waals surface area contributed by atoms with Crippen LogP contribution in [0.1, 0.15) is 15.5 Å². The van der Waals surface area contributed by atoms with Crippen LogP contribution in [0.15, 0.2) is 11.6 Å². The first-order chi connectivity index (χ1) is 9.01. The normalized spacial score (nSPS) is 10.4. The number of carbonyl (C=O) groups is 1. The summed E-state index contributed by atoms with van der Waals surface area (Å²) >= 11 is 6.77. The van der Waals surface area contributed by atoms with Gasteiger partial charge in [0.1, 0.15) is 6.54 Å². The predicted octanol–water partition coefficient (Wildman–Crippen LogP) is 0.553. The van der Waals surface area contributed by atoms with Crippen molar-refractivity contribution < 1.29 is 9.72 Å². The Labute approximate surface area is 115 Å². The number of nitrogens with zero attached hydrogens (tertiary/aromatic N) is 4. The van der Waals surface area contributed by atoms with Crippen molar-refractivity contribution in [3.05, 3.63) is 37.4 Å². The number of hydrazine groups is 1. The van der Waals surface area contributed by atoms with E-state index in [2.05, 4.69) is 10.1 Å². The third-order valence-corrected chi connectivity index (χ3v) is 3.23. The van der Waals surface area contributed by atoms with E-state index in [1.54, 1.807) is 5.38 Å². The first-order valence-electron chi connectivity index (χ1n) is 4.84. The monoisotopic (exact) mass is 302 g/mol. The molecular formula is C8H7ClN6O3S. The minimum Gasteiger partial charge on any atom is -0.358 e. The molecule has 0 saturated carbocycles. The fourth-order valence-corrected chi connectivity index (χ4v) is 2.23. The molecule has 100 valence electrons. The molecule has 0 spiro atoms. The molecule has 0 bridgehead atoms. The Morgan fingerprint density at radius 1 is 1.68 bits per heavy atom. The minimum absolute atomic E-state index is 0.0554. The van der Waals surface area contributed by atoms with Gasteiger partial charge in [-0.3, -0.25) is 10.2 Å². The Bertz CT molecular complexity index is 638. The van der Waals surface area contributed by atoms with E-state index < -0.39 is 16.6 Å². The quantitative estimate of drug-likeness (QED) is 0.367. The summed E-state index contributed by atoms with van der Waals surface area (Å²) in [6, 6.07) is 0. The molecule has 2 rings (SSSR count). The third kappa shape index (κ3) is 2.86. The molecule has 2 aromatic heterocycles. The van der Waals surface area contributed by atoms with Gasteiger partial charge in [0.2, 0.25) is 0 Å². The molecule has 1 amide bonds. The van der Waals surface area contributed by atoms with E-state index >= 15 is 0 Å². The van der Waals surface area contributed by atoms with E-state index in [1.165, 1.54) is 10.9 Å². The number of hydrogen-bond donors (Lipinski definition) is 2. The van der Waals surface area contributed by atoms with Gasteiger partial charge in [-0.25, -0.2) is 10.8 Å². The lowest BCUT2D eigenvalue weighted by molar-refractivity contribution is -0.389. The van der Waals surface area contributed by atoms with Crippen LogP contribution < -0.4 is 11.3 Å². The predicted molar refractivity (Wildman–Crippen MR) is 66.8 cm³/mol. The van der Waals surface area contributed by atoms with Crippen LogP contribution in [0, 0.1) is 10.1 Å². The van der Waals surface area contributed by atoms with E-state index in [0.29, 0.717) is 5.69 Å². The second-order valence-electron chi connectivity index (χ2n) is 3.37. The number of halogens is 1.